The fourth-order valence-corrected chi connectivity index (χ4v) is 1.66. The molecular formula is C15H31N3O2. The number of carbonyl (C=O) groups excluding carboxylic acids is 2. The number of nitrogens with zero attached hydrogens (tertiary/aromatic N) is 1. The summed E-state index contributed by atoms with van der Waals surface area (Å²) in [6.07, 6.45) is 0.906. The first kappa shape index (κ1) is 18.9. The van der Waals surface area contributed by atoms with E-state index in [-0.39, 0.29) is 22.9 Å². The average molecular weight is 285 g/mol. The van der Waals surface area contributed by atoms with E-state index in [0.717, 1.165) is 0 Å². The second-order valence-corrected chi connectivity index (χ2v) is 7.40. The molecule has 0 radical (unpaired) electrons. The summed E-state index contributed by atoms with van der Waals surface area (Å²) in [6, 6.07) is 0. The van der Waals surface area contributed by atoms with Gasteiger partial charge in [-0.3, -0.25) is 9.59 Å². The molecule has 0 spiro atoms. The van der Waals surface area contributed by atoms with Gasteiger partial charge in [0.15, 0.2) is 0 Å². The van der Waals surface area contributed by atoms with Crippen LogP contribution in [0.4, 0.5) is 0 Å². The maximum absolute atomic E-state index is 11.7. The first-order chi connectivity index (χ1) is 8.89. The van der Waals surface area contributed by atoms with Crippen molar-refractivity contribution in [3.8, 4) is 0 Å². The van der Waals surface area contributed by atoms with Crippen LogP contribution >= 0.6 is 0 Å². The Kier molecular flexibility index (Phi) is 7.20. The highest BCUT2D eigenvalue weighted by molar-refractivity contribution is 5.77. The van der Waals surface area contributed by atoms with Crippen LogP contribution < -0.4 is 10.6 Å². The van der Waals surface area contributed by atoms with Crippen LogP contribution in [0.25, 0.3) is 0 Å². The normalized spacial score (nSPS) is 12.4. The van der Waals surface area contributed by atoms with Crippen molar-refractivity contribution in [2.24, 2.45) is 0 Å². The zero-order chi connectivity index (χ0) is 16.0. The van der Waals surface area contributed by atoms with Crippen molar-refractivity contribution in [3.05, 3.63) is 0 Å². The van der Waals surface area contributed by atoms with E-state index in [1.165, 1.54) is 0 Å². The van der Waals surface area contributed by atoms with Gasteiger partial charge >= 0.3 is 0 Å². The topological polar surface area (TPSA) is 61.4 Å². The Hall–Kier alpha value is -1.10. The minimum absolute atomic E-state index is 0.0449. The van der Waals surface area contributed by atoms with Crippen molar-refractivity contribution < 1.29 is 9.59 Å². The molecule has 0 aromatic rings. The quantitative estimate of drug-likeness (QED) is 0.778. The maximum Gasteiger partial charge on any atom is 0.221 e. The molecule has 5 nitrogen and oxygen atoms in total. The summed E-state index contributed by atoms with van der Waals surface area (Å²) in [5, 5.41) is 5.85. The Balaban J connectivity index is 3.87. The van der Waals surface area contributed by atoms with Crippen LogP contribution in [0.1, 0.15) is 54.4 Å². The molecule has 0 saturated heterocycles. The Morgan fingerprint density at radius 2 is 1.10 bits per heavy atom. The van der Waals surface area contributed by atoms with Gasteiger partial charge in [0.05, 0.1) is 0 Å². The minimum atomic E-state index is -0.192. The number of hydrogen-bond acceptors (Lipinski definition) is 3. The second-order valence-electron chi connectivity index (χ2n) is 7.40. The summed E-state index contributed by atoms with van der Waals surface area (Å²) in [6.45, 7) is 13.1. The molecule has 0 aliphatic rings. The van der Waals surface area contributed by atoms with Gasteiger partial charge in [0.1, 0.15) is 0 Å². The van der Waals surface area contributed by atoms with Gasteiger partial charge in [-0.2, -0.15) is 0 Å². The maximum atomic E-state index is 11.7. The zero-order valence-electron chi connectivity index (χ0n) is 14.1. The summed E-state index contributed by atoms with van der Waals surface area (Å²) in [7, 11) is 1.93. The van der Waals surface area contributed by atoms with Crippen LogP contribution in [0.5, 0.6) is 0 Å². The van der Waals surface area contributed by atoms with Crippen molar-refractivity contribution in [2.45, 2.75) is 65.5 Å². The molecule has 0 bridgehead atoms. The van der Waals surface area contributed by atoms with Gasteiger partial charge in [0, 0.05) is 37.0 Å². The first-order valence-electron chi connectivity index (χ1n) is 7.20. The molecule has 2 amide bonds. The molecule has 0 saturated carbocycles. The number of rotatable bonds is 6. The largest absolute Gasteiger partial charge is 0.351 e. The SMILES string of the molecule is CN(CCC(=O)NC(C)(C)C)CCC(=O)NC(C)(C)C. The fraction of sp³-hybridized carbons (Fsp3) is 0.867. The first-order valence-corrected chi connectivity index (χ1v) is 7.20. The molecule has 118 valence electrons. The molecule has 0 aromatic carbocycles. The molecular weight excluding hydrogens is 254 g/mol. The highest BCUT2D eigenvalue weighted by Gasteiger charge is 2.15. The summed E-state index contributed by atoms with van der Waals surface area (Å²) in [5.41, 5.74) is -0.384. The summed E-state index contributed by atoms with van der Waals surface area (Å²) in [4.78, 5) is 25.3. The summed E-state index contributed by atoms with van der Waals surface area (Å²) < 4.78 is 0. The van der Waals surface area contributed by atoms with E-state index < -0.39 is 0 Å². The van der Waals surface area contributed by atoms with E-state index in [9.17, 15) is 9.59 Å². The van der Waals surface area contributed by atoms with Gasteiger partial charge in [0.2, 0.25) is 11.8 Å². The van der Waals surface area contributed by atoms with Crippen LogP contribution in [0.15, 0.2) is 0 Å². The third-order valence-electron chi connectivity index (χ3n) is 2.47. The van der Waals surface area contributed by atoms with Gasteiger partial charge in [0.25, 0.3) is 0 Å². The second kappa shape index (κ2) is 7.62. The van der Waals surface area contributed by atoms with E-state index >= 15 is 0 Å². The Morgan fingerprint density at radius 1 is 0.800 bits per heavy atom. The highest BCUT2D eigenvalue weighted by atomic mass is 16.2. The molecule has 0 aliphatic heterocycles. The predicted octanol–water partition coefficient (Wildman–Crippen LogP) is 1.53. The molecule has 0 rings (SSSR count). The van der Waals surface area contributed by atoms with Gasteiger partial charge in [-0.05, 0) is 48.6 Å². The summed E-state index contributed by atoms with van der Waals surface area (Å²) in [5.74, 6) is 0.0898. The van der Waals surface area contributed by atoms with Crippen molar-refractivity contribution in [3.63, 3.8) is 0 Å². The number of nitrogens with one attached hydrogen (secondary N) is 2. The molecule has 0 heterocycles. The number of hydrogen-bond donors (Lipinski definition) is 2. The van der Waals surface area contributed by atoms with E-state index in [2.05, 4.69) is 10.6 Å². The Labute approximate surface area is 123 Å². The minimum Gasteiger partial charge on any atom is -0.351 e. The lowest BCUT2D eigenvalue weighted by molar-refractivity contribution is -0.122. The van der Waals surface area contributed by atoms with Crippen molar-refractivity contribution >= 4 is 11.8 Å². The lowest BCUT2D eigenvalue weighted by Crippen LogP contribution is -2.43. The molecule has 2 N–H and O–H groups in total. The van der Waals surface area contributed by atoms with Crippen LogP contribution in [0.2, 0.25) is 0 Å². The molecule has 0 fully saturated rings. The number of amides is 2. The van der Waals surface area contributed by atoms with Gasteiger partial charge in [-0.25, -0.2) is 0 Å². The van der Waals surface area contributed by atoms with Crippen LogP contribution in [-0.4, -0.2) is 47.9 Å². The third-order valence-corrected chi connectivity index (χ3v) is 2.47. The Bertz CT molecular complexity index is 295. The average Bonchev–Trinajstić information content (AvgIpc) is 2.18. The van der Waals surface area contributed by atoms with E-state index in [0.29, 0.717) is 25.9 Å². The van der Waals surface area contributed by atoms with Crippen molar-refractivity contribution in [1.82, 2.24) is 15.5 Å². The van der Waals surface area contributed by atoms with Crippen LogP contribution in [0, 0.1) is 0 Å². The van der Waals surface area contributed by atoms with Gasteiger partial charge < -0.3 is 15.5 Å². The van der Waals surface area contributed by atoms with E-state index in [1.54, 1.807) is 0 Å². The fourth-order valence-electron chi connectivity index (χ4n) is 1.66. The van der Waals surface area contributed by atoms with Gasteiger partial charge in [-0.15, -0.1) is 0 Å². The van der Waals surface area contributed by atoms with E-state index in [1.807, 2.05) is 53.5 Å². The monoisotopic (exact) mass is 285 g/mol. The lowest BCUT2D eigenvalue weighted by atomic mass is 10.1. The zero-order valence-corrected chi connectivity index (χ0v) is 14.1. The number of carbonyl (C=O) groups is 2. The van der Waals surface area contributed by atoms with E-state index in [4.69, 9.17) is 0 Å². The smallest absolute Gasteiger partial charge is 0.221 e. The van der Waals surface area contributed by atoms with Crippen LogP contribution in [-0.2, 0) is 9.59 Å². The Morgan fingerprint density at radius 3 is 1.35 bits per heavy atom. The summed E-state index contributed by atoms with van der Waals surface area (Å²) >= 11 is 0. The molecule has 0 aliphatic carbocycles. The predicted molar refractivity (Wildman–Crippen MR) is 82.5 cm³/mol. The molecule has 0 atom stereocenters. The molecule has 0 aromatic heterocycles. The van der Waals surface area contributed by atoms with Gasteiger partial charge in [-0.1, -0.05) is 0 Å². The molecule has 5 heteroatoms. The standard InChI is InChI=1S/C15H31N3O2/c1-14(2,3)16-12(19)8-10-18(7)11-9-13(20)17-15(4,5)6/h8-11H2,1-7H3,(H,16,19)(H,17,20). The molecule has 20 heavy (non-hydrogen) atoms. The molecule has 0 unspecified atom stereocenters. The lowest BCUT2D eigenvalue weighted by Gasteiger charge is -2.23. The highest BCUT2D eigenvalue weighted by Crippen LogP contribution is 2.01. The van der Waals surface area contributed by atoms with Crippen LogP contribution in [0.3, 0.4) is 0 Å². The van der Waals surface area contributed by atoms with Crippen molar-refractivity contribution in [2.75, 3.05) is 20.1 Å². The third kappa shape index (κ3) is 12.0. The van der Waals surface area contributed by atoms with Crippen molar-refractivity contribution in [1.29, 1.82) is 0 Å².